The molecule has 1 aromatic carbocycles. The molecule has 0 spiro atoms. The maximum atomic E-state index is 13.3. The number of hydrogen-bond acceptors (Lipinski definition) is 2. The molecule has 23 heavy (non-hydrogen) atoms. The SMILES string of the molecule is CCCC1CN(C(C)=O)CC1NC(=O)Cc1ccc(F)c(C)c1. The summed E-state index contributed by atoms with van der Waals surface area (Å²) in [6.07, 6.45) is 2.25. The molecule has 1 N–H and O–H groups in total. The predicted octanol–water partition coefficient (Wildman–Crippen LogP) is 2.44. The quantitative estimate of drug-likeness (QED) is 0.906. The van der Waals surface area contributed by atoms with Gasteiger partial charge < -0.3 is 10.2 Å². The van der Waals surface area contributed by atoms with Crippen molar-refractivity contribution in [2.24, 2.45) is 5.92 Å². The van der Waals surface area contributed by atoms with E-state index in [0.717, 1.165) is 18.4 Å². The standard InChI is InChI=1S/C18H25FN2O2/c1-4-5-15-10-21(13(3)22)11-17(15)20-18(23)9-14-6-7-16(19)12(2)8-14/h6-8,15,17H,4-5,9-11H2,1-3H3,(H,20,23). The van der Waals surface area contributed by atoms with Gasteiger partial charge in [-0.3, -0.25) is 9.59 Å². The van der Waals surface area contributed by atoms with E-state index in [-0.39, 0.29) is 30.1 Å². The zero-order chi connectivity index (χ0) is 17.0. The Morgan fingerprint density at radius 2 is 2.09 bits per heavy atom. The van der Waals surface area contributed by atoms with Crippen molar-refractivity contribution in [3.8, 4) is 0 Å². The highest BCUT2D eigenvalue weighted by molar-refractivity contribution is 5.79. The molecule has 0 saturated carbocycles. The zero-order valence-electron chi connectivity index (χ0n) is 14.1. The van der Waals surface area contributed by atoms with Crippen LogP contribution in [-0.4, -0.2) is 35.8 Å². The molecule has 2 atom stereocenters. The lowest BCUT2D eigenvalue weighted by Crippen LogP contribution is -2.41. The van der Waals surface area contributed by atoms with Crippen molar-refractivity contribution >= 4 is 11.8 Å². The van der Waals surface area contributed by atoms with Gasteiger partial charge in [-0.15, -0.1) is 0 Å². The van der Waals surface area contributed by atoms with Crippen LogP contribution in [0.1, 0.15) is 37.8 Å². The van der Waals surface area contributed by atoms with Crippen LogP contribution < -0.4 is 5.32 Å². The van der Waals surface area contributed by atoms with Crippen LogP contribution in [0, 0.1) is 18.7 Å². The van der Waals surface area contributed by atoms with Crippen molar-refractivity contribution in [2.45, 2.75) is 46.1 Å². The van der Waals surface area contributed by atoms with Gasteiger partial charge in [0.25, 0.3) is 0 Å². The van der Waals surface area contributed by atoms with Crippen LogP contribution in [0.3, 0.4) is 0 Å². The Labute approximate surface area is 137 Å². The molecule has 0 aliphatic carbocycles. The maximum Gasteiger partial charge on any atom is 0.224 e. The van der Waals surface area contributed by atoms with E-state index in [4.69, 9.17) is 0 Å². The van der Waals surface area contributed by atoms with Crippen molar-refractivity contribution < 1.29 is 14.0 Å². The number of halogens is 1. The molecule has 1 saturated heterocycles. The molecular formula is C18H25FN2O2. The lowest BCUT2D eigenvalue weighted by atomic mass is 9.98. The first-order valence-corrected chi connectivity index (χ1v) is 8.20. The van der Waals surface area contributed by atoms with E-state index in [9.17, 15) is 14.0 Å². The molecule has 1 aromatic rings. The zero-order valence-corrected chi connectivity index (χ0v) is 14.1. The summed E-state index contributed by atoms with van der Waals surface area (Å²) >= 11 is 0. The number of carbonyl (C=O) groups excluding carboxylic acids is 2. The third-order valence-corrected chi connectivity index (χ3v) is 4.48. The van der Waals surface area contributed by atoms with Gasteiger partial charge in [-0.1, -0.05) is 25.5 Å². The summed E-state index contributed by atoms with van der Waals surface area (Å²) in [5.41, 5.74) is 1.35. The van der Waals surface area contributed by atoms with Crippen LogP contribution in [0.25, 0.3) is 0 Å². The van der Waals surface area contributed by atoms with Gasteiger partial charge in [-0.2, -0.15) is 0 Å². The fourth-order valence-corrected chi connectivity index (χ4v) is 3.22. The fourth-order valence-electron chi connectivity index (χ4n) is 3.22. The third-order valence-electron chi connectivity index (χ3n) is 4.48. The molecule has 2 rings (SSSR count). The number of nitrogens with zero attached hydrogens (tertiary/aromatic N) is 1. The molecule has 0 radical (unpaired) electrons. The number of benzene rings is 1. The second-order valence-electron chi connectivity index (χ2n) is 6.41. The number of amides is 2. The molecule has 4 nitrogen and oxygen atoms in total. The van der Waals surface area contributed by atoms with Crippen LogP contribution in [0.15, 0.2) is 18.2 Å². The van der Waals surface area contributed by atoms with E-state index in [1.54, 1.807) is 30.9 Å². The Morgan fingerprint density at radius 3 is 2.70 bits per heavy atom. The second-order valence-corrected chi connectivity index (χ2v) is 6.41. The Bertz CT molecular complexity index is 588. The minimum atomic E-state index is -0.259. The van der Waals surface area contributed by atoms with Crippen LogP contribution in [0.4, 0.5) is 4.39 Å². The molecule has 0 aromatic heterocycles. The monoisotopic (exact) mass is 320 g/mol. The number of rotatable bonds is 5. The van der Waals surface area contributed by atoms with Gasteiger partial charge in [0, 0.05) is 20.0 Å². The second kappa shape index (κ2) is 7.57. The van der Waals surface area contributed by atoms with Gasteiger partial charge in [0.05, 0.1) is 12.5 Å². The van der Waals surface area contributed by atoms with E-state index in [1.807, 2.05) is 0 Å². The Balaban J connectivity index is 1.97. The molecule has 1 aliphatic heterocycles. The molecule has 1 fully saturated rings. The molecule has 5 heteroatoms. The van der Waals surface area contributed by atoms with E-state index in [0.29, 0.717) is 24.6 Å². The minimum Gasteiger partial charge on any atom is -0.351 e. The molecule has 126 valence electrons. The summed E-state index contributed by atoms with van der Waals surface area (Å²) in [5, 5.41) is 3.05. The van der Waals surface area contributed by atoms with Crippen molar-refractivity contribution in [1.29, 1.82) is 0 Å². The Morgan fingerprint density at radius 1 is 1.35 bits per heavy atom. The lowest BCUT2D eigenvalue weighted by Gasteiger charge is -2.19. The number of likely N-dealkylation sites (tertiary alicyclic amines) is 1. The summed E-state index contributed by atoms with van der Waals surface area (Å²) in [5.74, 6) is 0.0254. The maximum absolute atomic E-state index is 13.3. The number of hydrogen-bond donors (Lipinski definition) is 1. The lowest BCUT2D eigenvalue weighted by molar-refractivity contribution is -0.128. The van der Waals surface area contributed by atoms with Crippen molar-refractivity contribution in [3.05, 3.63) is 35.1 Å². The first-order valence-electron chi connectivity index (χ1n) is 8.20. The average molecular weight is 320 g/mol. The van der Waals surface area contributed by atoms with Gasteiger partial charge in [-0.25, -0.2) is 4.39 Å². The number of nitrogens with one attached hydrogen (secondary N) is 1. The molecule has 2 unspecified atom stereocenters. The Kier molecular flexibility index (Phi) is 5.74. The summed E-state index contributed by atoms with van der Waals surface area (Å²) in [6, 6.07) is 4.75. The average Bonchev–Trinajstić information content (AvgIpc) is 2.86. The van der Waals surface area contributed by atoms with E-state index >= 15 is 0 Å². The first kappa shape index (κ1) is 17.4. The van der Waals surface area contributed by atoms with Gasteiger partial charge in [0.1, 0.15) is 5.82 Å². The normalized spacial score (nSPS) is 20.6. The largest absolute Gasteiger partial charge is 0.351 e. The summed E-state index contributed by atoms with van der Waals surface area (Å²) < 4.78 is 13.3. The molecule has 1 aliphatic rings. The van der Waals surface area contributed by atoms with Crippen molar-refractivity contribution in [1.82, 2.24) is 10.2 Å². The highest BCUT2D eigenvalue weighted by atomic mass is 19.1. The smallest absolute Gasteiger partial charge is 0.224 e. The van der Waals surface area contributed by atoms with Crippen LogP contribution in [0.5, 0.6) is 0 Å². The summed E-state index contributed by atoms with van der Waals surface area (Å²) in [6.45, 7) is 6.65. The summed E-state index contributed by atoms with van der Waals surface area (Å²) in [4.78, 5) is 25.6. The van der Waals surface area contributed by atoms with Crippen molar-refractivity contribution in [2.75, 3.05) is 13.1 Å². The molecule has 0 bridgehead atoms. The fraction of sp³-hybridized carbons (Fsp3) is 0.556. The van der Waals surface area contributed by atoms with E-state index in [1.165, 1.54) is 6.07 Å². The van der Waals surface area contributed by atoms with Crippen molar-refractivity contribution in [3.63, 3.8) is 0 Å². The predicted molar refractivity (Wildman–Crippen MR) is 87.4 cm³/mol. The molecule has 1 heterocycles. The Hall–Kier alpha value is -1.91. The number of aryl methyl sites for hydroxylation is 1. The number of carbonyl (C=O) groups is 2. The van der Waals surface area contributed by atoms with Gasteiger partial charge in [-0.05, 0) is 36.5 Å². The van der Waals surface area contributed by atoms with Gasteiger partial charge in [0.2, 0.25) is 11.8 Å². The topological polar surface area (TPSA) is 49.4 Å². The summed E-state index contributed by atoms with van der Waals surface area (Å²) in [7, 11) is 0. The molecule has 2 amide bonds. The first-order chi connectivity index (χ1) is 10.9. The van der Waals surface area contributed by atoms with Gasteiger partial charge >= 0.3 is 0 Å². The molecular weight excluding hydrogens is 295 g/mol. The van der Waals surface area contributed by atoms with Crippen LogP contribution in [-0.2, 0) is 16.0 Å². The van der Waals surface area contributed by atoms with Gasteiger partial charge in [0.15, 0.2) is 0 Å². The minimum absolute atomic E-state index is 0.00731. The van der Waals surface area contributed by atoms with Crippen LogP contribution in [0.2, 0.25) is 0 Å². The van der Waals surface area contributed by atoms with Crippen LogP contribution >= 0.6 is 0 Å². The highest BCUT2D eigenvalue weighted by Gasteiger charge is 2.34. The van der Waals surface area contributed by atoms with E-state index in [2.05, 4.69) is 12.2 Å². The third kappa shape index (κ3) is 4.53. The highest BCUT2D eigenvalue weighted by Crippen LogP contribution is 2.22. The van der Waals surface area contributed by atoms with E-state index < -0.39 is 0 Å².